The van der Waals surface area contributed by atoms with Gasteiger partial charge in [0, 0.05) is 5.69 Å². The van der Waals surface area contributed by atoms with Crippen molar-refractivity contribution in [1.29, 1.82) is 0 Å². The highest BCUT2D eigenvalue weighted by Gasteiger charge is 2.31. The summed E-state index contributed by atoms with van der Waals surface area (Å²) in [6.45, 7) is 3.65. The van der Waals surface area contributed by atoms with Crippen molar-refractivity contribution in [1.82, 2.24) is 0 Å². The summed E-state index contributed by atoms with van der Waals surface area (Å²) >= 11 is 5.78. The summed E-state index contributed by atoms with van der Waals surface area (Å²) in [5.74, 6) is -2.14. The number of rotatable bonds is 2. The fourth-order valence-electron chi connectivity index (χ4n) is 2.21. The fraction of sp³-hybridized carbons (Fsp3) is 0.176. The van der Waals surface area contributed by atoms with Crippen LogP contribution in [-0.2, 0) is 15.8 Å². The smallest absolute Gasteiger partial charge is 0.318 e. The first-order chi connectivity index (χ1) is 11.6. The molecule has 0 atom stereocenters. The molecule has 0 radical (unpaired) electrons. The third kappa shape index (κ3) is 4.96. The van der Waals surface area contributed by atoms with Crippen molar-refractivity contribution >= 4 is 34.8 Å². The minimum atomic E-state index is -4.59. The van der Waals surface area contributed by atoms with Crippen molar-refractivity contribution in [2.75, 3.05) is 10.6 Å². The van der Waals surface area contributed by atoms with E-state index in [1.807, 2.05) is 19.9 Å². The lowest BCUT2D eigenvalue weighted by Gasteiger charge is -2.12. The maximum absolute atomic E-state index is 12.7. The number of benzene rings is 2. The number of halogens is 4. The second kappa shape index (κ2) is 7.14. The number of nitrogens with one attached hydrogen (secondary N) is 2. The molecule has 2 rings (SSSR count). The predicted octanol–water partition coefficient (Wildman–Crippen LogP) is 4.55. The zero-order chi connectivity index (χ0) is 18.8. The molecule has 8 heteroatoms. The highest BCUT2D eigenvalue weighted by Crippen LogP contribution is 2.33. The molecule has 2 aromatic carbocycles. The van der Waals surface area contributed by atoms with Crippen LogP contribution in [0.1, 0.15) is 16.7 Å². The molecule has 132 valence electrons. The van der Waals surface area contributed by atoms with Crippen molar-refractivity contribution in [3.05, 3.63) is 58.1 Å². The molecule has 0 bridgehead atoms. The Morgan fingerprint density at radius 2 is 1.48 bits per heavy atom. The Balaban J connectivity index is 2.15. The Labute approximate surface area is 147 Å². The van der Waals surface area contributed by atoms with Crippen LogP contribution in [0.2, 0.25) is 5.02 Å². The molecule has 2 N–H and O–H groups in total. The predicted molar refractivity (Wildman–Crippen MR) is 89.6 cm³/mol. The van der Waals surface area contributed by atoms with E-state index in [2.05, 4.69) is 10.6 Å². The molecule has 4 nitrogen and oxygen atoms in total. The Bertz CT molecular complexity index is 815. The molecular weight excluding hydrogens is 357 g/mol. The maximum Gasteiger partial charge on any atom is 0.416 e. The quantitative estimate of drug-likeness (QED) is 0.762. The summed E-state index contributed by atoms with van der Waals surface area (Å²) in [5.41, 5.74) is 0.903. The average Bonchev–Trinajstić information content (AvgIpc) is 2.47. The number of amides is 2. The van der Waals surface area contributed by atoms with E-state index in [0.717, 1.165) is 23.3 Å². The lowest BCUT2D eigenvalue weighted by molar-refractivity contribution is -0.137. The zero-order valence-electron chi connectivity index (χ0n) is 13.3. The van der Waals surface area contributed by atoms with Crippen LogP contribution in [-0.4, -0.2) is 11.8 Å². The van der Waals surface area contributed by atoms with Gasteiger partial charge in [-0.15, -0.1) is 0 Å². The summed E-state index contributed by atoms with van der Waals surface area (Å²) in [7, 11) is 0. The summed E-state index contributed by atoms with van der Waals surface area (Å²) in [6, 6.07) is 7.67. The summed E-state index contributed by atoms with van der Waals surface area (Å²) in [5, 5.41) is 4.37. The minimum absolute atomic E-state index is 0.111. The lowest BCUT2D eigenvalue weighted by Crippen LogP contribution is -2.29. The highest BCUT2D eigenvalue weighted by molar-refractivity contribution is 6.44. The zero-order valence-corrected chi connectivity index (χ0v) is 14.0. The topological polar surface area (TPSA) is 58.2 Å². The van der Waals surface area contributed by atoms with Gasteiger partial charge in [0.25, 0.3) is 0 Å². The van der Waals surface area contributed by atoms with Gasteiger partial charge < -0.3 is 10.6 Å². The molecule has 0 aliphatic rings. The number of hydrogen-bond acceptors (Lipinski definition) is 2. The molecule has 0 fully saturated rings. The Kier molecular flexibility index (Phi) is 5.37. The van der Waals surface area contributed by atoms with Gasteiger partial charge in [0.05, 0.1) is 16.3 Å². The van der Waals surface area contributed by atoms with Crippen LogP contribution in [0, 0.1) is 13.8 Å². The molecular formula is C17H14ClF3N2O2. The lowest BCUT2D eigenvalue weighted by atomic mass is 10.1. The molecule has 0 aliphatic carbocycles. The van der Waals surface area contributed by atoms with Gasteiger partial charge in [0.15, 0.2) is 0 Å². The van der Waals surface area contributed by atoms with E-state index < -0.39 is 23.6 Å². The minimum Gasteiger partial charge on any atom is -0.318 e. The van der Waals surface area contributed by atoms with Gasteiger partial charge in [0.1, 0.15) is 0 Å². The highest BCUT2D eigenvalue weighted by atomic mass is 35.5. The summed E-state index contributed by atoms with van der Waals surface area (Å²) < 4.78 is 38.2. The molecule has 2 amide bonds. The third-order valence-electron chi connectivity index (χ3n) is 3.23. The first-order valence-electron chi connectivity index (χ1n) is 7.13. The third-order valence-corrected chi connectivity index (χ3v) is 3.56. The van der Waals surface area contributed by atoms with Gasteiger partial charge in [-0.1, -0.05) is 17.7 Å². The molecule has 0 saturated heterocycles. The Hall–Kier alpha value is -2.54. The largest absolute Gasteiger partial charge is 0.416 e. The van der Waals surface area contributed by atoms with E-state index in [1.54, 1.807) is 12.1 Å². The molecule has 0 aliphatic heterocycles. The summed E-state index contributed by atoms with van der Waals surface area (Å²) in [6.07, 6.45) is -4.59. The van der Waals surface area contributed by atoms with Crippen LogP contribution in [0.25, 0.3) is 0 Å². The van der Waals surface area contributed by atoms with Crippen LogP contribution < -0.4 is 10.6 Å². The first kappa shape index (κ1) is 18.8. The van der Waals surface area contributed by atoms with Crippen LogP contribution in [0.3, 0.4) is 0 Å². The van der Waals surface area contributed by atoms with E-state index in [9.17, 15) is 22.8 Å². The second-order valence-corrected chi connectivity index (χ2v) is 5.88. The standard InChI is InChI=1S/C17H14ClF3N2O2/c1-9-5-10(2)7-12(6-9)22-15(24)16(25)23-14-8-11(17(19,20)21)3-4-13(14)18/h3-8H,1-2H3,(H,22,24)(H,23,25). The Morgan fingerprint density at radius 1 is 0.920 bits per heavy atom. The normalized spacial score (nSPS) is 11.1. The summed E-state index contributed by atoms with van der Waals surface area (Å²) in [4.78, 5) is 23.9. The molecule has 0 heterocycles. The van der Waals surface area contributed by atoms with Gasteiger partial charge in [-0.25, -0.2) is 0 Å². The molecule has 2 aromatic rings. The molecule has 25 heavy (non-hydrogen) atoms. The van der Waals surface area contributed by atoms with Crippen molar-refractivity contribution in [3.8, 4) is 0 Å². The number of anilines is 2. The van der Waals surface area contributed by atoms with Crippen molar-refractivity contribution < 1.29 is 22.8 Å². The fourth-order valence-corrected chi connectivity index (χ4v) is 2.38. The Morgan fingerprint density at radius 3 is 2.04 bits per heavy atom. The van der Waals surface area contributed by atoms with Gasteiger partial charge in [-0.3, -0.25) is 9.59 Å². The van der Waals surface area contributed by atoms with Crippen LogP contribution in [0.4, 0.5) is 24.5 Å². The SMILES string of the molecule is Cc1cc(C)cc(NC(=O)C(=O)Nc2cc(C(F)(F)F)ccc2Cl)c1. The van der Waals surface area contributed by atoms with Gasteiger partial charge in [-0.05, 0) is 55.3 Å². The van der Waals surface area contributed by atoms with Crippen molar-refractivity contribution in [2.24, 2.45) is 0 Å². The van der Waals surface area contributed by atoms with Gasteiger partial charge in [-0.2, -0.15) is 13.2 Å². The van der Waals surface area contributed by atoms with Gasteiger partial charge in [0.2, 0.25) is 0 Å². The van der Waals surface area contributed by atoms with E-state index in [4.69, 9.17) is 11.6 Å². The van der Waals surface area contributed by atoms with Crippen LogP contribution >= 0.6 is 11.6 Å². The number of alkyl halides is 3. The van der Waals surface area contributed by atoms with Crippen molar-refractivity contribution in [2.45, 2.75) is 20.0 Å². The first-order valence-corrected chi connectivity index (χ1v) is 7.51. The second-order valence-electron chi connectivity index (χ2n) is 5.48. The molecule has 0 unspecified atom stereocenters. The van der Waals surface area contributed by atoms with Crippen molar-refractivity contribution in [3.63, 3.8) is 0 Å². The monoisotopic (exact) mass is 370 g/mol. The van der Waals surface area contributed by atoms with E-state index in [0.29, 0.717) is 11.8 Å². The van der Waals surface area contributed by atoms with Crippen LogP contribution in [0.5, 0.6) is 0 Å². The molecule has 0 aromatic heterocycles. The number of aryl methyl sites for hydroxylation is 2. The van der Waals surface area contributed by atoms with E-state index in [1.165, 1.54) is 0 Å². The number of hydrogen-bond donors (Lipinski definition) is 2. The number of carbonyl (C=O) groups is 2. The van der Waals surface area contributed by atoms with Crippen LogP contribution in [0.15, 0.2) is 36.4 Å². The maximum atomic E-state index is 12.7. The number of carbonyl (C=O) groups excluding carboxylic acids is 2. The average molecular weight is 371 g/mol. The van der Waals surface area contributed by atoms with E-state index in [-0.39, 0.29) is 10.7 Å². The van der Waals surface area contributed by atoms with E-state index >= 15 is 0 Å². The molecule has 0 spiro atoms. The molecule has 0 saturated carbocycles. The van der Waals surface area contributed by atoms with Gasteiger partial charge >= 0.3 is 18.0 Å².